The minimum atomic E-state index is -1.68. The Bertz CT molecular complexity index is 838. The molecule has 2 aromatic carbocycles. The summed E-state index contributed by atoms with van der Waals surface area (Å²) in [5.74, 6) is -10.1. The SMILES string of the molecule is O=C([O-])c1cc(C(=O)[O-])cc(C(=O)[O-])c1.O=C([O-])c1cc(C(=O)[O-])cc(C(=O)[O-])c1.[Cu+2].[Cu+2].[Cu+2]. The van der Waals surface area contributed by atoms with Crippen LogP contribution in [0.3, 0.4) is 0 Å². The van der Waals surface area contributed by atoms with Gasteiger partial charge in [-0.1, -0.05) is 0 Å². The summed E-state index contributed by atoms with van der Waals surface area (Å²) >= 11 is 0. The van der Waals surface area contributed by atoms with Crippen LogP contribution < -0.4 is 30.6 Å². The van der Waals surface area contributed by atoms with Gasteiger partial charge in [0.2, 0.25) is 0 Å². The first-order chi connectivity index (χ1) is 13.8. The van der Waals surface area contributed by atoms with Crippen LogP contribution in [0.15, 0.2) is 36.4 Å². The van der Waals surface area contributed by atoms with Gasteiger partial charge in [0.05, 0.1) is 35.8 Å². The fourth-order valence-corrected chi connectivity index (χ4v) is 1.96. The molecule has 15 heteroatoms. The largest absolute Gasteiger partial charge is 2.00 e. The standard InChI is InChI=1S/2C9H6O6.3Cu/c2*10-7(11)4-1-5(8(12)13)3-6(2-4)9(14)15;;;/h2*1-3H,(H,10,11)(H,12,13)(H,14,15);;;/q;;3*+2/p-6. The Balaban J connectivity index is -0.000000500. The summed E-state index contributed by atoms with van der Waals surface area (Å²) in [4.78, 5) is 62.5. The van der Waals surface area contributed by atoms with Crippen LogP contribution in [-0.4, -0.2) is 35.8 Å². The maximum absolute atomic E-state index is 10.4. The molecule has 2 aromatic rings. The van der Waals surface area contributed by atoms with E-state index in [9.17, 15) is 59.4 Å². The van der Waals surface area contributed by atoms with E-state index >= 15 is 0 Å². The molecule has 0 spiro atoms. The third kappa shape index (κ3) is 10.3. The van der Waals surface area contributed by atoms with Gasteiger partial charge >= 0.3 is 51.2 Å². The molecule has 183 valence electrons. The minimum absolute atomic E-state index is 0. The normalized spacial score (nSPS) is 8.73. The van der Waals surface area contributed by atoms with Crippen molar-refractivity contribution in [2.24, 2.45) is 0 Å². The van der Waals surface area contributed by atoms with E-state index in [1.165, 1.54) is 0 Å². The van der Waals surface area contributed by atoms with Crippen molar-refractivity contribution in [2.75, 3.05) is 0 Å². The molecule has 0 N–H and O–H groups in total. The van der Waals surface area contributed by atoms with Gasteiger partial charge in [-0.15, -0.1) is 0 Å². The Kier molecular flexibility index (Phi) is 15.4. The van der Waals surface area contributed by atoms with Crippen molar-refractivity contribution in [3.63, 3.8) is 0 Å². The predicted octanol–water partition coefficient (Wildman–Crippen LogP) is -6.45. The minimum Gasteiger partial charge on any atom is -0.545 e. The van der Waals surface area contributed by atoms with Crippen LogP contribution in [0, 0.1) is 0 Å². The third-order valence-corrected chi connectivity index (χ3v) is 3.28. The molecular formula is C18H6Cu3O12. The molecule has 33 heavy (non-hydrogen) atoms. The van der Waals surface area contributed by atoms with Crippen molar-refractivity contribution in [3.05, 3.63) is 69.8 Å². The molecule has 12 nitrogen and oxygen atoms in total. The van der Waals surface area contributed by atoms with Crippen molar-refractivity contribution in [1.29, 1.82) is 0 Å². The number of carboxylic acids is 6. The van der Waals surface area contributed by atoms with Gasteiger partial charge in [-0.25, -0.2) is 0 Å². The number of aromatic carboxylic acids is 6. The van der Waals surface area contributed by atoms with Gasteiger partial charge in [0.15, 0.2) is 0 Å². The number of rotatable bonds is 6. The van der Waals surface area contributed by atoms with Crippen LogP contribution in [-0.2, 0) is 51.2 Å². The number of hydrogen-bond acceptors (Lipinski definition) is 12. The van der Waals surface area contributed by atoms with E-state index in [-0.39, 0.29) is 51.2 Å². The Morgan fingerprint density at radius 3 is 0.485 bits per heavy atom. The van der Waals surface area contributed by atoms with E-state index in [0.29, 0.717) is 0 Å². The zero-order chi connectivity index (χ0) is 23.2. The summed E-state index contributed by atoms with van der Waals surface area (Å²) in [6, 6.07) is 4.48. The van der Waals surface area contributed by atoms with Crippen LogP contribution in [0.2, 0.25) is 0 Å². The summed E-state index contributed by atoms with van der Waals surface area (Å²) in [5, 5.41) is 62.5. The van der Waals surface area contributed by atoms with E-state index in [1.807, 2.05) is 0 Å². The predicted molar refractivity (Wildman–Crippen MR) is 78.9 cm³/mol. The summed E-state index contributed by atoms with van der Waals surface area (Å²) in [5.41, 5.74) is -3.36. The van der Waals surface area contributed by atoms with E-state index in [0.717, 1.165) is 36.4 Å². The van der Waals surface area contributed by atoms with Crippen LogP contribution in [0.4, 0.5) is 0 Å². The fourth-order valence-electron chi connectivity index (χ4n) is 1.96. The number of carbonyl (C=O) groups excluding carboxylic acids is 6. The molecule has 0 aromatic heterocycles. The number of benzene rings is 2. The van der Waals surface area contributed by atoms with Crippen LogP contribution in [0.1, 0.15) is 62.1 Å². The monoisotopic (exact) mass is 603 g/mol. The van der Waals surface area contributed by atoms with E-state index in [2.05, 4.69) is 0 Å². The van der Waals surface area contributed by atoms with Crippen molar-refractivity contribution in [1.82, 2.24) is 0 Å². The molecule has 3 radical (unpaired) electrons. The molecule has 0 aliphatic carbocycles. The summed E-state index contributed by atoms with van der Waals surface area (Å²) in [6.07, 6.45) is 0. The molecule has 0 aliphatic heterocycles. The van der Waals surface area contributed by atoms with Gasteiger partial charge in [-0.05, 0) is 69.8 Å². The van der Waals surface area contributed by atoms with Gasteiger partial charge in [-0.3, -0.25) is 0 Å². The first kappa shape index (κ1) is 34.4. The van der Waals surface area contributed by atoms with E-state index in [1.54, 1.807) is 0 Å². The number of carboxylic acid groups (broad SMARTS) is 6. The van der Waals surface area contributed by atoms with Gasteiger partial charge in [-0.2, -0.15) is 0 Å². The quantitative estimate of drug-likeness (QED) is 0.280. The topological polar surface area (TPSA) is 241 Å². The maximum atomic E-state index is 10.4. The second-order valence-corrected chi connectivity index (χ2v) is 5.32. The molecular weight excluding hydrogens is 599 g/mol. The smallest absolute Gasteiger partial charge is 0.545 e. The summed E-state index contributed by atoms with van der Waals surface area (Å²) in [6.45, 7) is 0. The summed E-state index contributed by atoms with van der Waals surface area (Å²) < 4.78 is 0. The molecule has 0 saturated carbocycles. The molecule has 0 amide bonds. The fraction of sp³-hybridized carbons (Fsp3) is 0. The van der Waals surface area contributed by atoms with E-state index < -0.39 is 69.2 Å². The molecule has 0 aliphatic rings. The van der Waals surface area contributed by atoms with Crippen molar-refractivity contribution in [2.45, 2.75) is 0 Å². The molecule has 0 atom stereocenters. The van der Waals surface area contributed by atoms with Crippen molar-refractivity contribution < 1.29 is 111 Å². The molecule has 0 fully saturated rings. The average molecular weight is 605 g/mol. The zero-order valence-corrected chi connectivity index (χ0v) is 18.1. The van der Waals surface area contributed by atoms with Crippen molar-refractivity contribution >= 4 is 35.8 Å². The Morgan fingerprint density at radius 1 is 0.333 bits per heavy atom. The second-order valence-electron chi connectivity index (χ2n) is 5.32. The van der Waals surface area contributed by atoms with Gasteiger partial charge in [0.1, 0.15) is 0 Å². The van der Waals surface area contributed by atoms with Crippen LogP contribution in [0.5, 0.6) is 0 Å². The van der Waals surface area contributed by atoms with Gasteiger partial charge in [0, 0.05) is 0 Å². The van der Waals surface area contributed by atoms with Crippen LogP contribution in [0.25, 0.3) is 0 Å². The Hall–Kier alpha value is -3.18. The first-order valence-electron chi connectivity index (χ1n) is 7.41. The van der Waals surface area contributed by atoms with Crippen LogP contribution >= 0.6 is 0 Å². The first-order valence-corrected chi connectivity index (χ1v) is 7.41. The Morgan fingerprint density at radius 2 is 0.424 bits per heavy atom. The molecule has 0 heterocycles. The Labute approximate surface area is 215 Å². The molecule has 0 unspecified atom stereocenters. The summed E-state index contributed by atoms with van der Waals surface area (Å²) in [7, 11) is 0. The molecule has 2 rings (SSSR count). The zero-order valence-electron chi connectivity index (χ0n) is 15.3. The number of hydrogen-bond donors (Lipinski definition) is 0. The van der Waals surface area contributed by atoms with E-state index in [4.69, 9.17) is 0 Å². The number of carbonyl (C=O) groups is 6. The maximum Gasteiger partial charge on any atom is 2.00 e. The average Bonchev–Trinajstić information content (AvgIpc) is 2.67. The third-order valence-electron chi connectivity index (χ3n) is 3.28. The van der Waals surface area contributed by atoms with Crippen molar-refractivity contribution in [3.8, 4) is 0 Å². The van der Waals surface area contributed by atoms with Gasteiger partial charge in [0.25, 0.3) is 0 Å². The molecule has 0 bridgehead atoms. The molecule has 0 saturated heterocycles. The second kappa shape index (κ2) is 14.8. The van der Waals surface area contributed by atoms with Gasteiger partial charge < -0.3 is 59.4 Å².